The molecule has 2 heterocycles. The fourth-order valence-corrected chi connectivity index (χ4v) is 4.17. The highest BCUT2D eigenvalue weighted by Crippen LogP contribution is 2.30. The van der Waals surface area contributed by atoms with Gasteiger partial charge in [-0.05, 0) is 73.5 Å². The van der Waals surface area contributed by atoms with Gasteiger partial charge in [0, 0.05) is 30.4 Å². The van der Waals surface area contributed by atoms with Crippen molar-refractivity contribution < 1.29 is 14.3 Å². The van der Waals surface area contributed by atoms with Crippen molar-refractivity contribution in [1.29, 1.82) is 5.26 Å². The number of nitrogens with zero attached hydrogens (tertiary/aromatic N) is 4. The molecule has 0 spiro atoms. The summed E-state index contributed by atoms with van der Waals surface area (Å²) >= 11 is 0. The van der Waals surface area contributed by atoms with Crippen LogP contribution in [0.5, 0.6) is 0 Å². The Morgan fingerprint density at radius 3 is 2.66 bits per heavy atom. The standard InChI is InChI=1S/C30H29N5O3/c1-3-22-17-23-10-11-24(18-26(23)34-27(22)20-33-25-12-8-21(19-31)9-13-25)30(37)35(16-14-29(36)38-4-2)28-7-5-6-15-32-28/h3,5-13,15,18,33H,4,14,16-17,20H2,1-2H3. The quantitative estimate of drug-likeness (QED) is 0.397. The number of aromatic nitrogens is 1. The Hall–Kier alpha value is -4.77. The number of carbonyl (C=O) groups excluding carboxylic acids is 2. The molecule has 3 aromatic rings. The van der Waals surface area contributed by atoms with E-state index in [-0.39, 0.29) is 31.4 Å². The Bertz CT molecular complexity index is 1410. The van der Waals surface area contributed by atoms with Crippen molar-refractivity contribution in [2.24, 2.45) is 4.99 Å². The normalized spacial score (nSPS) is 13.2. The van der Waals surface area contributed by atoms with Crippen molar-refractivity contribution in [3.05, 3.63) is 95.2 Å². The highest BCUT2D eigenvalue weighted by atomic mass is 16.5. The maximum absolute atomic E-state index is 13.6. The predicted molar refractivity (Wildman–Crippen MR) is 148 cm³/mol. The van der Waals surface area contributed by atoms with E-state index in [1.54, 1.807) is 55.6 Å². The minimum atomic E-state index is -0.366. The Morgan fingerprint density at radius 1 is 1.16 bits per heavy atom. The van der Waals surface area contributed by atoms with Gasteiger partial charge in [-0.15, -0.1) is 0 Å². The van der Waals surface area contributed by atoms with E-state index in [0.717, 1.165) is 28.2 Å². The van der Waals surface area contributed by atoms with Crippen molar-refractivity contribution in [3.63, 3.8) is 0 Å². The third-order valence-electron chi connectivity index (χ3n) is 6.18. The molecule has 1 aromatic heterocycles. The van der Waals surface area contributed by atoms with Gasteiger partial charge in [0.15, 0.2) is 0 Å². The molecule has 192 valence electrons. The van der Waals surface area contributed by atoms with E-state index in [4.69, 9.17) is 15.0 Å². The summed E-state index contributed by atoms with van der Waals surface area (Å²) in [5.41, 5.74) is 5.74. The van der Waals surface area contributed by atoms with Crippen LogP contribution >= 0.6 is 0 Å². The summed E-state index contributed by atoms with van der Waals surface area (Å²) in [7, 11) is 0. The topological polar surface area (TPSA) is 108 Å². The number of anilines is 2. The Labute approximate surface area is 222 Å². The van der Waals surface area contributed by atoms with Crippen LogP contribution in [0.15, 0.2) is 83.5 Å². The van der Waals surface area contributed by atoms with E-state index in [1.165, 1.54) is 4.90 Å². The Balaban J connectivity index is 1.57. The van der Waals surface area contributed by atoms with E-state index in [1.807, 2.05) is 25.1 Å². The molecule has 0 saturated carbocycles. The van der Waals surface area contributed by atoms with Crippen molar-refractivity contribution in [1.82, 2.24) is 4.98 Å². The summed E-state index contributed by atoms with van der Waals surface area (Å²) in [5.74, 6) is -0.166. The first-order chi connectivity index (χ1) is 18.5. The number of esters is 1. The highest BCUT2D eigenvalue weighted by Gasteiger charge is 2.23. The minimum absolute atomic E-state index is 0.0645. The number of benzene rings is 2. The molecule has 0 aliphatic carbocycles. The Kier molecular flexibility index (Phi) is 8.62. The van der Waals surface area contributed by atoms with Crippen LogP contribution in [0, 0.1) is 11.3 Å². The van der Waals surface area contributed by atoms with Gasteiger partial charge in [0.2, 0.25) is 0 Å². The van der Waals surface area contributed by atoms with Crippen molar-refractivity contribution >= 4 is 34.8 Å². The number of amides is 1. The zero-order chi connectivity index (χ0) is 26.9. The number of nitrogens with one attached hydrogen (secondary N) is 1. The first-order valence-electron chi connectivity index (χ1n) is 12.5. The van der Waals surface area contributed by atoms with Gasteiger partial charge in [-0.3, -0.25) is 19.5 Å². The number of hydrogen-bond acceptors (Lipinski definition) is 7. The van der Waals surface area contributed by atoms with E-state index >= 15 is 0 Å². The molecular formula is C30H29N5O3. The first kappa shape index (κ1) is 26.3. The molecule has 1 aliphatic rings. The molecule has 8 nitrogen and oxygen atoms in total. The van der Waals surface area contributed by atoms with E-state index < -0.39 is 0 Å². The van der Waals surface area contributed by atoms with Gasteiger partial charge in [-0.1, -0.05) is 18.2 Å². The first-order valence-corrected chi connectivity index (χ1v) is 12.5. The van der Waals surface area contributed by atoms with Crippen LogP contribution in [0.3, 0.4) is 0 Å². The van der Waals surface area contributed by atoms with Gasteiger partial charge in [-0.25, -0.2) is 4.98 Å². The number of hydrogen-bond donors (Lipinski definition) is 1. The molecular weight excluding hydrogens is 478 g/mol. The van der Waals surface area contributed by atoms with Gasteiger partial charge in [-0.2, -0.15) is 5.26 Å². The lowest BCUT2D eigenvalue weighted by Gasteiger charge is -2.23. The lowest BCUT2D eigenvalue weighted by Crippen LogP contribution is -2.34. The number of nitriles is 1. The number of fused-ring (bicyclic) bond motifs is 1. The SMILES string of the molecule is CC=C1Cc2ccc(C(=O)N(CCC(=O)OCC)c3ccccn3)cc2N=C1CNc1ccc(C#N)cc1. The molecule has 38 heavy (non-hydrogen) atoms. The summed E-state index contributed by atoms with van der Waals surface area (Å²) in [5, 5.41) is 12.4. The largest absolute Gasteiger partial charge is 0.466 e. The van der Waals surface area contributed by atoms with Crippen molar-refractivity contribution in [2.45, 2.75) is 26.7 Å². The van der Waals surface area contributed by atoms with Gasteiger partial charge in [0.25, 0.3) is 5.91 Å². The lowest BCUT2D eigenvalue weighted by molar-refractivity contribution is -0.142. The average molecular weight is 508 g/mol. The second kappa shape index (κ2) is 12.5. The van der Waals surface area contributed by atoms with Crippen molar-refractivity contribution in [3.8, 4) is 6.07 Å². The predicted octanol–water partition coefficient (Wildman–Crippen LogP) is 5.24. The van der Waals surface area contributed by atoms with Gasteiger partial charge < -0.3 is 10.1 Å². The number of allylic oxidation sites excluding steroid dienone is 1. The molecule has 0 atom stereocenters. The average Bonchev–Trinajstić information content (AvgIpc) is 2.96. The van der Waals surface area contributed by atoms with E-state index in [0.29, 0.717) is 29.9 Å². The smallest absolute Gasteiger partial charge is 0.307 e. The van der Waals surface area contributed by atoms with Crippen LogP contribution in [0.25, 0.3) is 0 Å². The molecule has 0 saturated heterocycles. The van der Waals surface area contributed by atoms with Gasteiger partial charge in [0.1, 0.15) is 5.82 Å². The van der Waals surface area contributed by atoms with Crippen LogP contribution in [0.4, 0.5) is 17.2 Å². The van der Waals surface area contributed by atoms with Crippen LogP contribution in [0.1, 0.15) is 41.8 Å². The maximum Gasteiger partial charge on any atom is 0.307 e. The lowest BCUT2D eigenvalue weighted by atomic mass is 9.94. The Morgan fingerprint density at radius 2 is 1.97 bits per heavy atom. The maximum atomic E-state index is 13.6. The van der Waals surface area contributed by atoms with E-state index in [9.17, 15) is 9.59 Å². The summed E-state index contributed by atoms with van der Waals surface area (Å²) in [6.07, 6.45) is 4.44. The number of pyridine rings is 1. The zero-order valence-electron chi connectivity index (χ0n) is 21.5. The number of ether oxygens (including phenoxy) is 1. The summed E-state index contributed by atoms with van der Waals surface area (Å²) in [6.45, 7) is 4.68. The highest BCUT2D eigenvalue weighted by molar-refractivity contribution is 6.08. The fraction of sp³-hybridized carbons (Fsp3) is 0.233. The molecule has 1 aliphatic heterocycles. The monoisotopic (exact) mass is 507 g/mol. The third-order valence-corrected chi connectivity index (χ3v) is 6.18. The molecule has 8 heteroatoms. The molecule has 0 fully saturated rings. The molecule has 1 amide bonds. The van der Waals surface area contributed by atoms with Crippen LogP contribution in [-0.2, 0) is 16.0 Å². The molecule has 4 rings (SSSR count). The number of rotatable bonds is 9. The van der Waals surface area contributed by atoms with Crippen LogP contribution in [-0.4, -0.2) is 42.3 Å². The summed E-state index contributed by atoms with van der Waals surface area (Å²) < 4.78 is 5.05. The second-order valence-corrected chi connectivity index (χ2v) is 8.64. The third kappa shape index (κ3) is 6.31. The van der Waals surface area contributed by atoms with Gasteiger partial charge >= 0.3 is 5.97 Å². The second-order valence-electron chi connectivity index (χ2n) is 8.64. The molecule has 0 bridgehead atoms. The van der Waals surface area contributed by atoms with Crippen LogP contribution < -0.4 is 10.2 Å². The molecule has 1 N–H and O–H groups in total. The fourth-order valence-electron chi connectivity index (χ4n) is 4.17. The van der Waals surface area contributed by atoms with E-state index in [2.05, 4.69) is 22.4 Å². The molecule has 2 aromatic carbocycles. The molecule has 0 radical (unpaired) electrons. The number of aliphatic imine (C=N–C) groups is 1. The van der Waals surface area contributed by atoms with Crippen molar-refractivity contribution in [2.75, 3.05) is 29.9 Å². The minimum Gasteiger partial charge on any atom is -0.466 e. The summed E-state index contributed by atoms with van der Waals surface area (Å²) in [4.78, 5) is 36.3. The zero-order valence-corrected chi connectivity index (χ0v) is 21.5. The van der Waals surface area contributed by atoms with Gasteiger partial charge in [0.05, 0.1) is 42.6 Å². The molecule has 0 unspecified atom stereocenters. The summed E-state index contributed by atoms with van der Waals surface area (Å²) in [6, 6.07) is 20.2. The number of carbonyl (C=O) groups is 2. The van der Waals surface area contributed by atoms with Crippen LogP contribution in [0.2, 0.25) is 0 Å².